The number of para-hydroxylation sites is 1. The Morgan fingerprint density at radius 3 is 2.42 bits per heavy atom. The van der Waals surface area contributed by atoms with Gasteiger partial charge in [0.1, 0.15) is 0 Å². The van der Waals surface area contributed by atoms with E-state index in [1.54, 1.807) is 18.2 Å². The lowest BCUT2D eigenvalue weighted by atomic mass is 9.68. The van der Waals surface area contributed by atoms with Crippen molar-refractivity contribution in [2.75, 3.05) is 13.7 Å². The van der Waals surface area contributed by atoms with Gasteiger partial charge in [-0.05, 0) is 18.9 Å². The van der Waals surface area contributed by atoms with Crippen LogP contribution in [0.5, 0.6) is 11.5 Å². The highest BCUT2D eigenvalue weighted by molar-refractivity contribution is 5.49. The van der Waals surface area contributed by atoms with Crippen molar-refractivity contribution in [1.29, 1.82) is 0 Å². The Kier molecular flexibility index (Phi) is 3.67. The summed E-state index contributed by atoms with van der Waals surface area (Å²) in [5.74, 6) is -2.25. The van der Waals surface area contributed by atoms with Crippen molar-refractivity contribution >= 4 is 0 Å². The highest BCUT2D eigenvalue weighted by Gasteiger charge is 2.44. The molecule has 0 aliphatic heterocycles. The average molecular weight is 271 g/mol. The number of phenols is 1. The van der Waals surface area contributed by atoms with Gasteiger partial charge < -0.3 is 15.6 Å². The van der Waals surface area contributed by atoms with Crippen LogP contribution in [0.4, 0.5) is 8.78 Å². The largest absolute Gasteiger partial charge is 0.504 e. The van der Waals surface area contributed by atoms with E-state index in [2.05, 4.69) is 0 Å². The molecule has 106 valence electrons. The lowest BCUT2D eigenvalue weighted by Crippen LogP contribution is -2.42. The number of phenolic OH excluding ortho intramolecular Hbond substituents is 1. The normalized spacial score (nSPS) is 21.1. The van der Waals surface area contributed by atoms with Crippen LogP contribution in [0, 0.1) is 0 Å². The van der Waals surface area contributed by atoms with E-state index in [4.69, 9.17) is 10.5 Å². The second kappa shape index (κ2) is 4.96. The summed E-state index contributed by atoms with van der Waals surface area (Å²) < 4.78 is 31.7. The lowest BCUT2D eigenvalue weighted by molar-refractivity contribution is -0.0511. The highest BCUT2D eigenvalue weighted by atomic mass is 19.3. The maximum Gasteiger partial charge on any atom is 0.248 e. The second-order valence-corrected chi connectivity index (χ2v) is 5.20. The average Bonchev–Trinajstić information content (AvgIpc) is 2.40. The third-order valence-corrected chi connectivity index (χ3v) is 4.12. The Morgan fingerprint density at radius 2 is 1.89 bits per heavy atom. The smallest absolute Gasteiger partial charge is 0.248 e. The van der Waals surface area contributed by atoms with Gasteiger partial charge in [-0.2, -0.15) is 0 Å². The van der Waals surface area contributed by atoms with Crippen LogP contribution in [0.15, 0.2) is 18.2 Å². The van der Waals surface area contributed by atoms with Crippen LogP contribution < -0.4 is 10.5 Å². The number of ether oxygens (including phenoxy) is 1. The minimum absolute atomic E-state index is 0.0145. The van der Waals surface area contributed by atoms with Crippen molar-refractivity contribution < 1.29 is 18.6 Å². The molecular weight excluding hydrogens is 252 g/mol. The first-order chi connectivity index (χ1) is 8.94. The first-order valence-electron chi connectivity index (χ1n) is 6.38. The summed E-state index contributed by atoms with van der Waals surface area (Å²) in [4.78, 5) is 0. The number of nitrogens with two attached hydrogens (primary N) is 1. The zero-order valence-electron chi connectivity index (χ0n) is 11.0. The van der Waals surface area contributed by atoms with E-state index in [1.807, 2.05) is 0 Å². The van der Waals surface area contributed by atoms with Gasteiger partial charge in [0.15, 0.2) is 11.5 Å². The number of hydrogen-bond donors (Lipinski definition) is 2. The molecule has 0 atom stereocenters. The summed E-state index contributed by atoms with van der Waals surface area (Å²) >= 11 is 0. The molecule has 1 aliphatic carbocycles. The number of alkyl halides is 2. The molecule has 2 rings (SSSR count). The van der Waals surface area contributed by atoms with Gasteiger partial charge in [-0.15, -0.1) is 0 Å². The van der Waals surface area contributed by atoms with Crippen LogP contribution in [0.2, 0.25) is 0 Å². The standard InChI is InChI=1S/C14H19F2NO2/c1-19-11-4-2-3-10(12(11)18)13(9-17)5-7-14(15,16)8-6-13/h2-4,18H,5-9,17H2,1H3. The summed E-state index contributed by atoms with van der Waals surface area (Å²) in [6, 6.07) is 5.13. The number of halogens is 2. The van der Waals surface area contributed by atoms with E-state index in [9.17, 15) is 13.9 Å². The van der Waals surface area contributed by atoms with Gasteiger partial charge in [0.05, 0.1) is 7.11 Å². The van der Waals surface area contributed by atoms with Gasteiger partial charge in [0.25, 0.3) is 0 Å². The molecule has 1 aromatic rings. The molecule has 0 amide bonds. The van der Waals surface area contributed by atoms with Crippen molar-refractivity contribution in [3.8, 4) is 11.5 Å². The molecule has 0 bridgehead atoms. The zero-order valence-corrected chi connectivity index (χ0v) is 11.0. The fraction of sp³-hybridized carbons (Fsp3) is 0.571. The van der Waals surface area contributed by atoms with E-state index in [1.165, 1.54) is 7.11 Å². The molecule has 0 saturated heterocycles. The molecular formula is C14H19F2NO2. The molecule has 0 heterocycles. The van der Waals surface area contributed by atoms with Gasteiger partial charge in [0, 0.05) is 30.4 Å². The quantitative estimate of drug-likeness (QED) is 0.888. The highest BCUT2D eigenvalue weighted by Crippen LogP contribution is 2.48. The molecule has 1 saturated carbocycles. The number of methoxy groups -OCH3 is 1. The number of hydrogen-bond acceptors (Lipinski definition) is 3. The number of aromatic hydroxyl groups is 1. The molecule has 0 spiro atoms. The summed E-state index contributed by atoms with van der Waals surface area (Å²) in [6.45, 7) is 0.240. The Morgan fingerprint density at radius 1 is 1.26 bits per heavy atom. The number of benzene rings is 1. The van der Waals surface area contributed by atoms with E-state index >= 15 is 0 Å². The molecule has 19 heavy (non-hydrogen) atoms. The Balaban J connectivity index is 2.38. The summed E-state index contributed by atoms with van der Waals surface area (Å²) in [5.41, 5.74) is 5.86. The van der Waals surface area contributed by atoms with Gasteiger partial charge in [-0.3, -0.25) is 0 Å². The number of rotatable bonds is 3. The van der Waals surface area contributed by atoms with Crippen LogP contribution in [0.1, 0.15) is 31.2 Å². The fourth-order valence-electron chi connectivity index (χ4n) is 2.79. The topological polar surface area (TPSA) is 55.5 Å². The minimum Gasteiger partial charge on any atom is -0.504 e. The maximum atomic E-state index is 13.3. The lowest BCUT2D eigenvalue weighted by Gasteiger charge is -2.40. The third kappa shape index (κ3) is 2.52. The van der Waals surface area contributed by atoms with Crippen LogP contribution in [0.3, 0.4) is 0 Å². The van der Waals surface area contributed by atoms with Crippen LogP contribution >= 0.6 is 0 Å². The maximum absolute atomic E-state index is 13.3. The van der Waals surface area contributed by atoms with Crippen molar-refractivity contribution in [3.05, 3.63) is 23.8 Å². The Hall–Kier alpha value is -1.36. The molecule has 1 fully saturated rings. The van der Waals surface area contributed by atoms with Gasteiger partial charge >= 0.3 is 0 Å². The predicted octanol–water partition coefficient (Wildman–Crippen LogP) is 2.81. The summed E-state index contributed by atoms with van der Waals surface area (Å²) in [5, 5.41) is 10.2. The fourth-order valence-corrected chi connectivity index (χ4v) is 2.79. The van der Waals surface area contributed by atoms with Crippen molar-refractivity contribution in [3.63, 3.8) is 0 Å². The first kappa shape index (κ1) is 14.1. The van der Waals surface area contributed by atoms with Crippen molar-refractivity contribution in [1.82, 2.24) is 0 Å². The molecule has 3 nitrogen and oxygen atoms in total. The molecule has 5 heteroatoms. The predicted molar refractivity (Wildman–Crippen MR) is 68.8 cm³/mol. The monoisotopic (exact) mass is 271 g/mol. The zero-order chi connectivity index (χ0) is 14.1. The van der Waals surface area contributed by atoms with E-state index in [-0.39, 0.29) is 38.0 Å². The van der Waals surface area contributed by atoms with Crippen molar-refractivity contribution in [2.45, 2.75) is 37.0 Å². The van der Waals surface area contributed by atoms with Crippen LogP contribution in [-0.4, -0.2) is 24.7 Å². The molecule has 0 radical (unpaired) electrons. The first-order valence-corrected chi connectivity index (χ1v) is 6.38. The second-order valence-electron chi connectivity index (χ2n) is 5.20. The molecule has 1 aliphatic rings. The molecule has 0 aromatic heterocycles. The van der Waals surface area contributed by atoms with E-state index in [0.29, 0.717) is 11.3 Å². The molecule has 3 N–H and O–H groups in total. The van der Waals surface area contributed by atoms with E-state index < -0.39 is 11.3 Å². The Labute approximate surface area is 111 Å². The summed E-state index contributed by atoms with van der Waals surface area (Å²) in [6.07, 6.45) is 0.163. The van der Waals surface area contributed by atoms with Gasteiger partial charge in [-0.25, -0.2) is 8.78 Å². The van der Waals surface area contributed by atoms with Gasteiger partial charge in [0.2, 0.25) is 5.92 Å². The van der Waals surface area contributed by atoms with Crippen molar-refractivity contribution in [2.24, 2.45) is 5.73 Å². The van der Waals surface area contributed by atoms with Crippen LogP contribution in [0.25, 0.3) is 0 Å². The molecule has 0 unspecified atom stereocenters. The Bertz CT molecular complexity index is 453. The molecule has 1 aromatic carbocycles. The third-order valence-electron chi connectivity index (χ3n) is 4.12. The van der Waals surface area contributed by atoms with Gasteiger partial charge in [-0.1, -0.05) is 12.1 Å². The van der Waals surface area contributed by atoms with Crippen LogP contribution in [-0.2, 0) is 5.41 Å². The SMILES string of the molecule is COc1cccc(C2(CN)CCC(F)(F)CC2)c1O. The summed E-state index contributed by atoms with van der Waals surface area (Å²) in [7, 11) is 1.46. The van der Waals surface area contributed by atoms with E-state index in [0.717, 1.165) is 0 Å². The minimum atomic E-state index is -2.62.